The summed E-state index contributed by atoms with van der Waals surface area (Å²) < 4.78 is 38.3. The average Bonchev–Trinajstić information content (AvgIpc) is 2.27. The molecule has 0 aliphatic carbocycles. The summed E-state index contributed by atoms with van der Waals surface area (Å²) in [6.45, 7) is 6.73. The van der Waals surface area contributed by atoms with E-state index in [2.05, 4.69) is 5.32 Å². The number of carbonyl (C=O) groups is 1. The molecule has 0 aliphatic heterocycles. The monoisotopic (exact) mass is 288 g/mol. The lowest BCUT2D eigenvalue weighted by atomic mass is 9.87. The van der Waals surface area contributed by atoms with Crippen molar-refractivity contribution in [1.82, 2.24) is 0 Å². The van der Waals surface area contributed by atoms with Crippen LogP contribution in [0.2, 0.25) is 0 Å². The van der Waals surface area contributed by atoms with Crippen LogP contribution in [0.5, 0.6) is 0 Å². The smallest absolute Gasteiger partial charge is 0.325 e. The molecule has 0 aromatic heterocycles. The first-order valence-electron chi connectivity index (χ1n) is 6.17. The average molecular weight is 288 g/mol. The molecular weight excluding hydrogens is 269 g/mol. The van der Waals surface area contributed by atoms with Gasteiger partial charge in [0.2, 0.25) is 5.91 Å². The van der Waals surface area contributed by atoms with E-state index in [4.69, 9.17) is 5.73 Å². The summed E-state index contributed by atoms with van der Waals surface area (Å²) in [4.78, 5) is 11.9. The molecule has 1 atom stereocenters. The number of alkyl halides is 3. The van der Waals surface area contributed by atoms with Crippen LogP contribution in [0.3, 0.4) is 0 Å². The van der Waals surface area contributed by atoms with E-state index in [1.54, 1.807) is 20.8 Å². The van der Waals surface area contributed by atoms with E-state index >= 15 is 0 Å². The second kappa shape index (κ2) is 5.44. The van der Waals surface area contributed by atoms with Crippen LogP contribution in [-0.2, 0) is 11.0 Å². The molecule has 1 aromatic carbocycles. The second-order valence-corrected chi connectivity index (χ2v) is 5.86. The van der Waals surface area contributed by atoms with E-state index in [1.807, 2.05) is 0 Å². The number of rotatable bonds is 2. The maximum Gasteiger partial charge on any atom is 0.416 e. The first-order valence-corrected chi connectivity index (χ1v) is 6.17. The highest BCUT2D eigenvalue weighted by Crippen LogP contribution is 2.33. The summed E-state index contributed by atoms with van der Waals surface area (Å²) in [6, 6.07) is 2.86. The molecule has 0 aliphatic rings. The minimum Gasteiger partial charge on any atom is -0.325 e. The van der Waals surface area contributed by atoms with Crippen molar-refractivity contribution in [3.8, 4) is 0 Å². The molecule has 6 heteroatoms. The fourth-order valence-electron chi connectivity index (χ4n) is 1.62. The van der Waals surface area contributed by atoms with Gasteiger partial charge in [-0.3, -0.25) is 4.79 Å². The molecule has 0 saturated carbocycles. The molecule has 1 amide bonds. The molecule has 1 aromatic rings. The standard InChI is InChI=1S/C14H19F3N2O/c1-8-5-6-9(7-10(8)14(15,16)17)19-12(20)11(18)13(2,3)4/h5-7,11H,18H2,1-4H3,(H,19,20)/t11-/m1/s1. The lowest BCUT2D eigenvalue weighted by Crippen LogP contribution is -2.45. The Morgan fingerprint density at radius 3 is 2.25 bits per heavy atom. The van der Waals surface area contributed by atoms with E-state index in [1.165, 1.54) is 19.1 Å². The fourth-order valence-corrected chi connectivity index (χ4v) is 1.62. The van der Waals surface area contributed by atoms with Crippen LogP contribution in [0.1, 0.15) is 31.9 Å². The number of amides is 1. The lowest BCUT2D eigenvalue weighted by molar-refractivity contribution is -0.138. The Kier molecular flexibility index (Phi) is 4.49. The lowest BCUT2D eigenvalue weighted by Gasteiger charge is -2.26. The van der Waals surface area contributed by atoms with E-state index in [0.717, 1.165) is 6.07 Å². The predicted octanol–water partition coefficient (Wildman–Crippen LogP) is 3.33. The van der Waals surface area contributed by atoms with Gasteiger partial charge in [-0.2, -0.15) is 13.2 Å². The fraction of sp³-hybridized carbons (Fsp3) is 0.500. The van der Waals surface area contributed by atoms with Gasteiger partial charge in [-0.25, -0.2) is 0 Å². The Morgan fingerprint density at radius 1 is 1.25 bits per heavy atom. The van der Waals surface area contributed by atoms with E-state index in [0.29, 0.717) is 0 Å². The molecule has 0 fully saturated rings. The second-order valence-electron chi connectivity index (χ2n) is 5.86. The van der Waals surface area contributed by atoms with Gasteiger partial charge in [0.05, 0.1) is 11.6 Å². The highest BCUT2D eigenvalue weighted by Gasteiger charge is 2.33. The molecule has 112 valence electrons. The van der Waals surface area contributed by atoms with Crippen molar-refractivity contribution < 1.29 is 18.0 Å². The predicted molar refractivity (Wildman–Crippen MR) is 72.2 cm³/mol. The van der Waals surface area contributed by atoms with Crippen molar-refractivity contribution in [3.05, 3.63) is 29.3 Å². The Hall–Kier alpha value is -1.56. The van der Waals surface area contributed by atoms with Gasteiger partial charge in [-0.15, -0.1) is 0 Å². The van der Waals surface area contributed by atoms with Crippen LogP contribution in [0, 0.1) is 12.3 Å². The summed E-state index contributed by atoms with van der Waals surface area (Å²) >= 11 is 0. The molecule has 0 unspecified atom stereocenters. The number of hydrogen-bond donors (Lipinski definition) is 2. The maximum absolute atomic E-state index is 12.8. The zero-order chi connectivity index (χ0) is 15.7. The molecule has 0 bridgehead atoms. The van der Waals surface area contributed by atoms with Crippen molar-refractivity contribution in [2.45, 2.75) is 39.9 Å². The van der Waals surface area contributed by atoms with Crippen LogP contribution in [0.4, 0.5) is 18.9 Å². The molecule has 0 heterocycles. The Bertz CT molecular complexity index is 504. The Balaban J connectivity index is 2.98. The summed E-state index contributed by atoms with van der Waals surface area (Å²) in [5, 5.41) is 2.42. The topological polar surface area (TPSA) is 55.1 Å². The van der Waals surface area contributed by atoms with Gasteiger partial charge in [-0.05, 0) is 30.0 Å². The molecule has 0 saturated heterocycles. The Morgan fingerprint density at radius 2 is 1.80 bits per heavy atom. The first-order chi connectivity index (χ1) is 8.93. The van der Waals surface area contributed by atoms with Crippen molar-refractivity contribution in [2.24, 2.45) is 11.1 Å². The molecule has 0 radical (unpaired) electrons. The highest BCUT2D eigenvalue weighted by molar-refractivity contribution is 5.95. The third-order valence-electron chi connectivity index (χ3n) is 3.03. The van der Waals surface area contributed by atoms with E-state index in [-0.39, 0.29) is 11.3 Å². The minimum absolute atomic E-state index is 0.0904. The van der Waals surface area contributed by atoms with Gasteiger partial charge in [-0.1, -0.05) is 26.8 Å². The van der Waals surface area contributed by atoms with Crippen LogP contribution in [0.25, 0.3) is 0 Å². The zero-order valence-corrected chi connectivity index (χ0v) is 11.9. The number of nitrogens with two attached hydrogens (primary N) is 1. The van der Waals surface area contributed by atoms with Crippen LogP contribution < -0.4 is 11.1 Å². The SMILES string of the molecule is Cc1ccc(NC(=O)[C@@H](N)C(C)(C)C)cc1C(F)(F)F. The number of halogens is 3. The number of hydrogen-bond acceptors (Lipinski definition) is 2. The van der Waals surface area contributed by atoms with Crippen molar-refractivity contribution >= 4 is 11.6 Å². The molecule has 1 rings (SSSR count). The summed E-state index contributed by atoms with van der Waals surface area (Å²) in [5.41, 5.74) is 4.72. The highest BCUT2D eigenvalue weighted by atomic mass is 19.4. The number of anilines is 1. The van der Waals surface area contributed by atoms with Gasteiger partial charge in [0, 0.05) is 5.69 Å². The summed E-state index contributed by atoms with van der Waals surface area (Å²) in [7, 11) is 0. The van der Waals surface area contributed by atoms with Gasteiger partial charge < -0.3 is 11.1 Å². The van der Waals surface area contributed by atoms with Crippen LogP contribution in [-0.4, -0.2) is 11.9 Å². The number of nitrogens with one attached hydrogen (secondary N) is 1. The van der Waals surface area contributed by atoms with Crippen molar-refractivity contribution in [1.29, 1.82) is 0 Å². The molecular formula is C14H19F3N2O. The summed E-state index contributed by atoms with van der Waals surface area (Å²) in [6.07, 6.45) is -4.45. The third-order valence-corrected chi connectivity index (χ3v) is 3.03. The zero-order valence-electron chi connectivity index (χ0n) is 11.9. The molecule has 0 spiro atoms. The first kappa shape index (κ1) is 16.5. The molecule has 20 heavy (non-hydrogen) atoms. The van der Waals surface area contributed by atoms with Crippen LogP contribution >= 0.6 is 0 Å². The maximum atomic E-state index is 12.8. The summed E-state index contributed by atoms with van der Waals surface area (Å²) in [5.74, 6) is -0.505. The number of carbonyl (C=O) groups excluding carboxylic acids is 1. The van der Waals surface area contributed by atoms with Crippen LogP contribution in [0.15, 0.2) is 18.2 Å². The number of benzene rings is 1. The van der Waals surface area contributed by atoms with Gasteiger partial charge in [0.1, 0.15) is 0 Å². The quantitative estimate of drug-likeness (QED) is 0.877. The van der Waals surface area contributed by atoms with E-state index in [9.17, 15) is 18.0 Å². The van der Waals surface area contributed by atoms with E-state index < -0.39 is 29.1 Å². The minimum atomic E-state index is -4.45. The van der Waals surface area contributed by atoms with Gasteiger partial charge >= 0.3 is 6.18 Å². The normalized spacial score (nSPS) is 14.0. The molecule has 3 nitrogen and oxygen atoms in total. The Labute approximate surface area is 116 Å². The van der Waals surface area contributed by atoms with Crippen molar-refractivity contribution in [2.75, 3.05) is 5.32 Å². The number of aryl methyl sites for hydroxylation is 1. The van der Waals surface area contributed by atoms with Gasteiger partial charge in [0.15, 0.2) is 0 Å². The molecule has 3 N–H and O–H groups in total. The largest absolute Gasteiger partial charge is 0.416 e. The van der Waals surface area contributed by atoms with Crippen molar-refractivity contribution in [3.63, 3.8) is 0 Å². The van der Waals surface area contributed by atoms with Gasteiger partial charge in [0.25, 0.3) is 0 Å². The third kappa shape index (κ3) is 3.96.